The highest BCUT2D eigenvalue weighted by Crippen LogP contribution is 2.45. The molecule has 0 aromatic rings. The molecule has 2 unspecified atom stereocenters. The van der Waals surface area contributed by atoms with Gasteiger partial charge in [-0.25, -0.2) is 8.42 Å². The van der Waals surface area contributed by atoms with Gasteiger partial charge in [-0.15, -0.1) is 0 Å². The Labute approximate surface area is 105 Å². The molecule has 2 aliphatic heterocycles. The second-order valence-corrected chi connectivity index (χ2v) is 8.44. The lowest BCUT2D eigenvalue weighted by molar-refractivity contribution is -0.00284. The summed E-state index contributed by atoms with van der Waals surface area (Å²) in [4.78, 5) is 0. The Balaban J connectivity index is 2.10. The predicted octanol–water partition coefficient (Wildman–Crippen LogP) is 2.28. The van der Waals surface area contributed by atoms with Crippen LogP contribution in [-0.4, -0.2) is 29.6 Å². The summed E-state index contributed by atoms with van der Waals surface area (Å²) in [5.41, 5.74) is -0.714. The molecule has 2 atom stereocenters. The largest absolute Gasteiger partial charge is 0.390 e. The second-order valence-electron chi connectivity index (χ2n) is 5.93. The molecule has 0 aromatic carbocycles. The van der Waals surface area contributed by atoms with Crippen LogP contribution in [-0.2, 0) is 9.84 Å². The summed E-state index contributed by atoms with van der Waals surface area (Å²) in [6, 6.07) is 0. The van der Waals surface area contributed by atoms with Gasteiger partial charge in [-0.05, 0) is 38.0 Å². The monoisotopic (exact) mass is 260 g/mol. The Kier molecular flexibility index (Phi) is 3.56. The third-order valence-corrected chi connectivity index (χ3v) is 7.44. The molecule has 0 spiro atoms. The minimum Gasteiger partial charge on any atom is -0.390 e. The van der Waals surface area contributed by atoms with Crippen LogP contribution >= 0.6 is 0 Å². The summed E-state index contributed by atoms with van der Waals surface area (Å²) in [5, 5.41) is 10.1. The van der Waals surface area contributed by atoms with E-state index >= 15 is 0 Å². The summed E-state index contributed by atoms with van der Waals surface area (Å²) < 4.78 is 24.0. The molecule has 3 nitrogen and oxygen atoms in total. The molecule has 2 rings (SSSR count). The Hall–Kier alpha value is -0.0900. The highest BCUT2D eigenvalue weighted by Gasteiger charge is 2.52. The van der Waals surface area contributed by atoms with Crippen molar-refractivity contribution in [2.75, 3.05) is 0 Å². The zero-order valence-electron chi connectivity index (χ0n) is 10.9. The van der Waals surface area contributed by atoms with Crippen molar-refractivity contribution in [3.05, 3.63) is 0 Å². The maximum Gasteiger partial charge on any atom is 0.156 e. The lowest BCUT2D eigenvalue weighted by Crippen LogP contribution is -2.45. The molecule has 0 aromatic heterocycles. The molecule has 0 aliphatic carbocycles. The normalized spacial score (nSPS) is 39.8. The van der Waals surface area contributed by atoms with Crippen molar-refractivity contribution in [1.29, 1.82) is 0 Å². The van der Waals surface area contributed by atoms with Crippen LogP contribution in [0, 0.1) is 5.92 Å². The Bertz CT molecular complexity index is 350. The van der Waals surface area contributed by atoms with E-state index in [1.165, 1.54) is 0 Å². The molecule has 2 saturated heterocycles. The SMILES string of the molecule is CCC(CC)CC1(O)CC2CCC(C1)S2(=O)=O. The van der Waals surface area contributed by atoms with Gasteiger partial charge in [0.15, 0.2) is 9.84 Å². The lowest BCUT2D eigenvalue weighted by atomic mass is 9.82. The summed E-state index contributed by atoms with van der Waals surface area (Å²) >= 11 is 0. The van der Waals surface area contributed by atoms with Crippen molar-refractivity contribution in [3.8, 4) is 0 Å². The van der Waals surface area contributed by atoms with Crippen LogP contribution in [0.15, 0.2) is 0 Å². The van der Waals surface area contributed by atoms with E-state index in [1.54, 1.807) is 0 Å². The molecule has 2 heterocycles. The van der Waals surface area contributed by atoms with Gasteiger partial charge in [0, 0.05) is 0 Å². The smallest absolute Gasteiger partial charge is 0.156 e. The summed E-state index contributed by atoms with van der Waals surface area (Å²) in [6.07, 6.45) is 5.39. The molecule has 4 heteroatoms. The molecule has 2 bridgehead atoms. The van der Waals surface area contributed by atoms with Crippen molar-refractivity contribution >= 4 is 9.84 Å². The topological polar surface area (TPSA) is 54.4 Å². The lowest BCUT2D eigenvalue weighted by Gasteiger charge is -2.38. The number of hydrogen-bond donors (Lipinski definition) is 1. The Morgan fingerprint density at radius 2 is 1.65 bits per heavy atom. The van der Waals surface area contributed by atoms with Crippen LogP contribution in [0.4, 0.5) is 0 Å². The van der Waals surface area contributed by atoms with Crippen molar-refractivity contribution in [3.63, 3.8) is 0 Å². The minimum atomic E-state index is -2.91. The predicted molar refractivity (Wildman–Crippen MR) is 68.6 cm³/mol. The first-order chi connectivity index (χ1) is 7.91. The highest BCUT2D eigenvalue weighted by molar-refractivity contribution is 7.93. The van der Waals surface area contributed by atoms with Crippen LogP contribution in [0.2, 0.25) is 0 Å². The zero-order chi connectivity index (χ0) is 12.7. The average molecular weight is 260 g/mol. The molecule has 0 amide bonds. The summed E-state index contributed by atoms with van der Waals surface area (Å²) in [7, 11) is -2.91. The number of sulfone groups is 1. The fourth-order valence-electron chi connectivity index (χ4n) is 3.62. The first-order valence-electron chi connectivity index (χ1n) is 6.86. The molecular formula is C13H24O3S. The molecule has 100 valence electrons. The van der Waals surface area contributed by atoms with Gasteiger partial charge in [0.1, 0.15) is 0 Å². The van der Waals surface area contributed by atoms with Gasteiger partial charge in [0.25, 0.3) is 0 Å². The minimum absolute atomic E-state index is 0.263. The fourth-order valence-corrected chi connectivity index (χ4v) is 6.18. The fraction of sp³-hybridized carbons (Fsp3) is 1.00. The van der Waals surface area contributed by atoms with Crippen LogP contribution in [0.1, 0.15) is 58.8 Å². The van der Waals surface area contributed by atoms with Crippen LogP contribution in [0.5, 0.6) is 0 Å². The second kappa shape index (κ2) is 4.54. The van der Waals surface area contributed by atoms with Crippen LogP contribution < -0.4 is 0 Å². The van der Waals surface area contributed by atoms with E-state index in [2.05, 4.69) is 13.8 Å². The van der Waals surface area contributed by atoms with Crippen molar-refractivity contribution in [2.24, 2.45) is 5.92 Å². The Morgan fingerprint density at radius 3 is 2.06 bits per heavy atom. The molecular weight excluding hydrogens is 236 g/mol. The van der Waals surface area contributed by atoms with Crippen LogP contribution in [0.25, 0.3) is 0 Å². The van der Waals surface area contributed by atoms with Gasteiger partial charge >= 0.3 is 0 Å². The number of fused-ring (bicyclic) bond motifs is 2. The maximum atomic E-state index is 12.0. The maximum absolute atomic E-state index is 12.0. The molecule has 0 saturated carbocycles. The molecule has 2 aliphatic rings. The molecule has 2 fully saturated rings. The molecule has 0 radical (unpaired) electrons. The molecule has 1 N–H and O–H groups in total. The first kappa shape index (κ1) is 13.3. The van der Waals surface area contributed by atoms with Crippen molar-refractivity contribution in [2.45, 2.75) is 74.9 Å². The average Bonchev–Trinajstić information content (AvgIpc) is 2.47. The van der Waals surface area contributed by atoms with Gasteiger partial charge < -0.3 is 5.11 Å². The van der Waals surface area contributed by atoms with Gasteiger partial charge in [-0.1, -0.05) is 26.7 Å². The van der Waals surface area contributed by atoms with E-state index in [1.807, 2.05) is 0 Å². The third kappa shape index (κ3) is 2.39. The van der Waals surface area contributed by atoms with E-state index < -0.39 is 15.4 Å². The van der Waals surface area contributed by atoms with Gasteiger partial charge in [-0.2, -0.15) is 0 Å². The summed E-state index contributed by atoms with van der Waals surface area (Å²) in [5.74, 6) is 0.528. The first-order valence-corrected chi connectivity index (χ1v) is 8.47. The van der Waals surface area contributed by atoms with E-state index in [0.717, 1.165) is 32.1 Å². The zero-order valence-corrected chi connectivity index (χ0v) is 11.7. The summed E-state index contributed by atoms with van der Waals surface area (Å²) in [6.45, 7) is 4.29. The van der Waals surface area contributed by atoms with E-state index in [-0.39, 0.29) is 10.5 Å². The number of aliphatic hydroxyl groups is 1. The number of hydrogen-bond acceptors (Lipinski definition) is 3. The van der Waals surface area contributed by atoms with Crippen molar-refractivity contribution < 1.29 is 13.5 Å². The molecule has 17 heavy (non-hydrogen) atoms. The number of rotatable bonds is 4. The Morgan fingerprint density at radius 1 is 1.18 bits per heavy atom. The van der Waals surface area contributed by atoms with Crippen LogP contribution in [0.3, 0.4) is 0 Å². The van der Waals surface area contributed by atoms with Gasteiger partial charge in [-0.3, -0.25) is 0 Å². The highest BCUT2D eigenvalue weighted by atomic mass is 32.2. The standard InChI is InChI=1S/C13H24O3S/c1-3-10(4-2)7-13(14)8-11-5-6-12(9-13)17(11,15)16/h10-12,14H,3-9H2,1-2H3. The third-order valence-electron chi connectivity index (χ3n) is 4.78. The van der Waals surface area contributed by atoms with Crippen molar-refractivity contribution in [1.82, 2.24) is 0 Å². The van der Waals surface area contributed by atoms with Gasteiger partial charge in [0.05, 0.1) is 16.1 Å². The van der Waals surface area contributed by atoms with E-state index in [9.17, 15) is 13.5 Å². The van der Waals surface area contributed by atoms with Gasteiger partial charge in [0.2, 0.25) is 0 Å². The van der Waals surface area contributed by atoms with E-state index in [0.29, 0.717) is 18.8 Å². The quantitative estimate of drug-likeness (QED) is 0.843. The van der Waals surface area contributed by atoms with E-state index in [4.69, 9.17) is 0 Å².